The summed E-state index contributed by atoms with van der Waals surface area (Å²) >= 11 is 0. The summed E-state index contributed by atoms with van der Waals surface area (Å²) in [7, 11) is 0. The zero-order chi connectivity index (χ0) is 12.6. The van der Waals surface area contributed by atoms with E-state index in [1.807, 2.05) is 0 Å². The Balaban J connectivity index is 2.31. The molecule has 1 aliphatic carbocycles. The van der Waals surface area contributed by atoms with Gasteiger partial charge in [0.25, 0.3) is 0 Å². The van der Waals surface area contributed by atoms with Gasteiger partial charge < -0.3 is 5.73 Å². The summed E-state index contributed by atoms with van der Waals surface area (Å²) in [4.78, 5) is 0. The highest BCUT2D eigenvalue weighted by Gasteiger charge is 2.35. The van der Waals surface area contributed by atoms with Crippen LogP contribution in [0.3, 0.4) is 0 Å². The third-order valence-corrected chi connectivity index (χ3v) is 3.81. The minimum Gasteiger partial charge on any atom is -0.327 e. The molecule has 1 aromatic rings. The molecule has 0 heterocycles. The van der Waals surface area contributed by atoms with E-state index in [0.717, 1.165) is 25.3 Å². The molecule has 0 radical (unpaired) electrons. The summed E-state index contributed by atoms with van der Waals surface area (Å²) in [6, 6.07) is 3.77. The maximum atomic E-state index is 13.8. The first kappa shape index (κ1) is 12.5. The number of nitrogens with two attached hydrogens (primary N) is 1. The maximum Gasteiger partial charge on any atom is 0.129 e. The van der Waals surface area contributed by atoms with Gasteiger partial charge in [0.1, 0.15) is 11.6 Å². The molecule has 0 saturated heterocycles. The fraction of sp³-hybridized carbons (Fsp3) is 0.571. The van der Waals surface area contributed by atoms with Gasteiger partial charge in [0.15, 0.2) is 0 Å². The molecule has 94 valence electrons. The fourth-order valence-electron chi connectivity index (χ4n) is 2.75. The Morgan fingerprint density at radius 1 is 1.29 bits per heavy atom. The maximum absolute atomic E-state index is 13.8. The molecule has 2 atom stereocenters. The van der Waals surface area contributed by atoms with Crippen LogP contribution < -0.4 is 5.73 Å². The predicted molar refractivity (Wildman–Crippen MR) is 64.7 cm³/mol. The van der Waals surface area contributed by atoms with Crippen LogP contribution in [-0.2, 0) is 0 Å². The SMILES string of the molecule is CC1(C)CCC(N)C(c2ccc(F)cc2F)C1. The second-order valence-electron chi connectivity index (χ2n) is 5.84. The Kier molecular flexibility index (Phi) is 3.21. The average Bonchev–Trinajstić information content (AvgIpc) is 2.22. The van der Waals surface area contributed by atoms with Crippen LogP contribution in [-0.4, -0.2) is 6.04 Å². The van der Waals surface area contributed by atoms with E-state index in [4.69, 9.17) is 5.73 Å². The molecular formula is C14H19F2N. The highest BCUT2D eigenvalue weighted by molar-refractivity contribution is 5.25. The lowest BCUT2D eigenvalue weighted by molar-refractivity contribution is 0.196. The average molecular weight is 239 g/mol. The van der Waals surface area contributed by atoms with Crippen molar-refractivity contribution in [1.29, 1.82) is 0 Å². The monoisotopic (exact) mass is 239 g/mol. The summed E-state index contributed by atoms with van der Waals surface area (Å²) in [5, 5.41) is 0. The fourth-order valence-corrected chi connectivity index (χ4v) is 2.75. The Bertz CT molecular complexity index is 415. The molecule has 1 fully saturated rings. The predicted octanol–water partition coefficient (Wildman–Crippen LogP) is 3.59. The van der Waals surface area contributed by atoms with Gasteiger partial charge in [0, 0.05) is 18.0 Å². The van der Waals surface area contributed by atoms with Crippen molar-refractivity contribution in [2.24, 2.45) is 11.1 Å². The molecule has 2 N–H and O–H groups in total. The van der Waals surface area contributed by atoms with Gasteiger partial charge in [-0.25, -0.2) is 8.78 Å². The van der Waals surface area contributed by atoms with Gasteiger partial charge in [-0.05, 0) is 36.3 Å². The van der Waals surface area contributed by atoms with Crippen molar-refractivity contribution in [1.82, 2.24) is 0 Å². The van der Waals surface area contributed by atoms with Gasteiger partial charge in [-0.15, -0.1) is 0 Å². The summed E-state index contributed by atoms with van der Waals surface area (Å²) < 4.78 is 26.7. The standard InChI is InChI=1S/C14H19F2N/c1-14(2)6-5-13(17)11(8-14)10-4-3-9(15)7-12(10)16/h3-4,7,11,13H,5-6,8,17H2,1-2H3. The van der Waals surface area contributed by atoms with Crippen molar-refractivity contribution < 1.29 is 8.78 Å². The Morgan fingerprint density at radius 3 is 2.65 bits per heavy atom. The lowest BCUT2D eigenvalue weighted by atomic mass is 9.68. The van der Waals surface area contributed by atoms with Gasteiger partial charge in [-0.3, -0.25) is 0 Å². The lowest BCUT2D eigenvalue weighted by Crippen LogP contribution is -2.38. The number of hydrogen-bond donors (Lipinski definition) is 1. The van der Waals surface area contributed by atoms with Crippen LogP contribution in [0.4, 0.5) is 8.78 Å². The Labute approximate surface area is 101 Å². The van der Waals surface area contributed by atoms with Crippen LogP contribution >= 0.6 is 0 Å². The number of rotatable bonds is 1. The van der Waals surface area contributed by atoms with Crippen molar-refractivity contribution >= 4 is 0 Å². The smallest absolute Gasteiger partial charge is 0.129 e. The van der Waals surface area contributed by atoms with E-state index in [1.165, 1.54) is 12.1 Å². The van der Waals surface area contributed by atoms with Crippen LogP contribution in [0.15, 0.2) is 18.2 Å². The molecule has 0 spiro atoms. The molecule has 1 aliphatic rings. The molecule has 2 rings (SSSR count). The molecule has 3 heteroatoms. The third-order valence-electron chi connectivity index (χ3n) is 3.81. The van der Waals surface area contributed by atoms with Gasteiger partial charge in [-0.2, -0.15) is 0 Å². The van der Waals surface area contributed by atoms with Gasteiger partial charge in [0.05, 0.1) is 0 Å². The molecule has 0 aromatic heterocycles. The minimum absolute atomic E-state index is 0.000602. The highest BCUT2D eigenvalue weighted by Crippen LogP contribution is 2.43. The quantitative estimate of drug-likeness (QED) is 0.796. The Morgan fingerprint density at radius 2 is 2.00 bits per heavy atom. The summed E-state index contributed by atoms with van der Waals surface area (Å²) in [5.41, 5.74) is 6.82. The van der Waals surface area contributed by atoms with Crippen LogP contribution in [0.25, 0.3) is 0 Å². The van der Waals surface area contributed by atoms with Crippen LogP contribution in [0, 0.1) is 17.0 Å². The second kappa shape index (κ2) is 4.37. The molecule has 1 aromatic carbocycles. The molecule has 1 nitrogen and oxygen atoms in total. The largest absolute Gasteiger partial charge is 0.327 e. The van der Waals surface area contributed by atoms with E-state index in [-0.39, 0.29) is 17.4 Å². The summed E-state index contributed by atoms with van der Waals surface area (Å²) in [6.45, 7) is 4.35. The number of hydrogen-bond acceptors (Lipinski definition) is 1. The zero-order valence-electron chi connectivity index (χ0n) is 10.3. The van der Waals surface area contributed by atoms with E-state index in [0.29, 0.717) is 5.56 Å². The van der Waals surface area contributed by atoms with Crippen LogP contribution in [0.2, 0.25) is 0 Å². The summed E-state index contributed by atoms with van der Waals surface area (Å²) in [5.74, 6) is -1.00. The van der Waals surface area contributed by atoms with Gasteiger partial charge >= 0.3 is 0 Å². The molecule has 2 unspecified atom stereocenters. The van der Waals surface area contributed by atoms with Crippen LogP contribution in [0.5, 0.6) is 0 Å². The van der Waals surface area contributed by atoms with Crippen molar-refractivity contribution in [2.45, 2.75) is 45.1 Å². The molecule has 0 aliphatic heterocycles. The van der Waals surface area contributed by atoms with Gasteiger partial charge in [0.2, 0.25) is 0 Å². The van der Waals surface area contributed by atoms with Crippen molar-refractivity contribution in [3.8, 4) is 0 Å². The first-order valence-corrected chi connectivity index (χ1v) is 6.09. The zero-order valence-corrected chi connectivity index (χ0v) is 10.3. The number of benzene rings is 1. The van der Waals surface area contributed by atoms with Crippen LogP contribution in [0.1, 0.15) is 44.6 Å². The molecule has 0 amide bonds. The molecule has 1 saturated carbocycles. The van der Waals surface area contributed by atoms with E-state index < -0.39 is 11.6 Å². The normalized spacial score (nSPS) is 28.1. The van der Waals surface area contributed by atoms with E-state index in [9.17, 15) is 8.78 Å². The van der Waals surface area contributed by atoms with Crippen molar-refractivity contribution in [3.63, 3.8) is 0 Å². The summed E-state index contributed by atoms with van der Waals surface area (Å²) in [6.07, 6.45) is 2.82. The molecular weight excluding hydrogens is 220 g/mol. The van der Waals surface area contributed by atoms with Crippen molar-refractivity contribution in [3.05, 3.63) is 35.4 Å². The van der Waals surface area contributed by atoms with Gasteiger partial charge in [-0.1, -0.05) is 19.9 Å². The number of halogens is 2. The van der Waals surface area contributed by atoms with E-state index in [2.05, 4.69) is 13.8 Å². The molecule has 17 heavy (non-hydrogen) atoms. The van der Waals surface area contributed by atoms with E-state index in [1.54, 1.807) is 0 Å². The minimum atomic E-state index is -0.533. The Hall–Kier alpha value is -0.960. The molecule has 0 bridgehead atoms. The van der Waals surface area contributed by atoms with Crippen molar-refractivity contribution in [2.75, 3.05) is 0 Å². The second-order valence-corrected chi connectivity index (χ2v) is 5.84. The van der Waals surface area contributed by atoms with E-state index >= 15 is 0 Å². The first-order chi connectivity index (χ1) is 7.89. The lowest BCUT2D eigenvalue weighted by Gasteiger charge is -2.39. The first-order valence-electron chi connectivity index (χ1n) is 6.09. The third kappa shape index (κ3) is 2.65. The highest BCUT2D eigenvalue weighted by atomic mass is 19.1. The topological polar surface area (TPSA) is 26.0 Å².